The van der Waals surface area contributed by atoms with E-state index >= 15 is 0 Å². The summed E-state index contributed by atoms with van der Waals surface area (Å²) >= 11 is 0. The van der Waals surface area contributed by atoms with E-state index in [2.05, 4.69) is 11.7 Å². The van der Waals surface area contributed by atoms with E-state index in [0.29, 0.717) is 12.0 Å². The zero-order valence-corrected chi connectivity index (χ0v) is 13.2. The fourth-order valence-electron chi connectivity index (χ4n) is 2.95. The second-order valence-corrected chi connectivity index (χ2v) is 6.06. The summed E-state index contributed by atoms with van der Waals surface area (Å²) in [5, 5.41) is 0. The third-order valence-electron chi connectivity index (χ3n) is 4.14. The maximum absolute atomic E-state index is 13.7. The Hall–Kier alpha value is -1.30. The van der Waals surface area contributed by atoms with Crippen LogP contribution in [0.1, 0.15) is 45.4 Å². The highest BCUT2D eigenvalue weighted by molar-refractivity contribution is 5.23. The highest BCUT2D eigenvalue weighted by Gasteiger charge is 2.34. The van der Waals surface area contributed by atoms with Crippen molar-refractivity contribution in [2.45, 2.75) is 57.7 Å². The SMILES string of the molecule is CCCC1CCC(OCC(F)(F)Oc2ccc(F)c(F)c2)CC1. The van der Waals surface area contributed by atoms with Crippen molar-refractivity contribution < 1.29 is 27.0 Å². The summed E-state index contributed by atoms with van der Waals surface area (Å²) in [6.07, 6.45) is 2.06. The summed E-state index contributed by atoms with van der Waals surface area (Å²) in [4.78, 5) is 0. The van der Waals surface area contributed by atoms with Crippen LogP contribution in [0, 0.1) is 17.6 Å². The Kier molecular flexibility index (Phi) is 6.27. The van der Waals surface area contributed by atoms with Gasteiger partial charge in [0.05, 0.1) is 6.10 Å². The maximum atomic E-state index is 13.7. The summed E-state index contributed by atoms with van der Waals surface area (Å²) in [5.41, 5.74) is 0. The van der Waals surface area contributed by atoms with E-state index in [1.54, 1.807) is 0 Å². The number of hydrogen-bond acceptors (Lipinski definition) is 2. The second-order valence-electron chi connectivity index (χ2n) is 6.06. The first-order chi connectivity index (χ1) is 10.9. The molecule has 0 bridgehead atoms. The van der Waals surface area contributed by atoms with Crippen molar-refractivity contribution in [2.24, 2.45) is 5.92 Å². The van der Waals surface area contributed by atoms with Gasteiger partial charge in [-0.2, -0.15) is 8.78 Å². The molecule has 1 fully saturated rings. The number of halogens is 4. The van der Waals surface area contributed by atoms with Crippen LogP contribution in [0.3, 0.4) is 0 Å². The Morgan fingerprint density at radius 3 is 2.39 bits per heavy atom. The first-order valence-corrected chi connectivity index (χ1v) is 8.03. The van der Waals surface area contributed by atoms with Gasteiger partial charge in [-0.1, -0.05) is 19.8 Å². The van der Waals surface area contributed by atoms with Crippen LogP contribution in [0.5, 0.6) is 5.75 Å². The van der Waals surface area contributed by atoms with Crippen LogP contribution in [0.25, 0.3) is 0 Å². The molecule has 2 nitrogen and oxygen atoms in total. The van der Waals surface area contributed by atoms with Crippen LogP contribution >= 0.6 is 0 Å². The fraction of sp³-hybridized carbons (Fsp3) is 0.647. The maximum Gasteiger partial charge on any atom is 0.421 e. The first kappa shape index (κ1) is 18.0. The molecular weight excluding hydrogens is 312 g/mol. The van der Waals surface area contributed by atoms with Gasteiger partial charge in [0.15, 0.2) is 18.2 Å². The summed E-state index contributed by atoms with van der Waals surface area (Å²) in [5.74, 6) is -2.10. The van der Waals surface area contributed by atoms with Crippen LogP contribution in [0.15, 0.2) is 18.2 Å². The van der Waals surface area contributed by atoms with Gasteiger partial charge >= 0.3 is 6.11 Å². The standard InChI is InChI=1S/C17H22F4O2/c1-2-3-12-4-6-13(7-5-12)22-11-17(20,21)23-14-8-9-15(18)16(19)10-14/h8-10,12-13H,2-7,11H2,1H3. The molecular formula is C17H22F4O2. The number of ether oxygens (including phenoxy) is 2. The van der Waals surface area contributed by atoms with Crippen LogP contribution in [0.4, 0.5) is 17.6 Å². The average molecular weight is 334 g/mol. The van der Waals surface area contributed by atoms with E-state index < -0.39 is 30.1 Å². The lowest BCUT2D eigenvalue weighted by Crippen LogP contribution is -2.34. The van der Waals surface area contributed by atoms with Gasteiger partial charge in [0.1, 0.15) is 5.75 Å². The molecule has 0 heterocycles. The Labute approximate surface area is 133 Å². The Morgan fingerprint density at radius 1 is 1.09 bits per heavy atom. The molecule has 2 rings (SSSR count). The zero-order valence-electron chi connectivity index (χ0n) is 13.2. The van der Waals surface area contributed by atoms with Crippen LogP contribution < -0.4 is 4.74 Å². The molecule has 0 unspecified atom stereocenters. The Morgan fingerprint density at radius 2 is 1.78 bits per heavy atom. The predicted molar refractivity (Wildman–Crippen MR) is 78.5 cm³/mol. The average Bonchev–Trinajstić information content (AvgIpc) is 2.50. The Balaban J connectivity index is 1.78. The fourth-order valence-corrected chi connectivity index (χ4v) is 2.95. The van der Waals surface area contributed by atoms with E-state index in [0.717, 1.165) is 44.2 Å². The minimum absolute atomic E-state index is 0.192. The van der Waals surface area contributed by atoms with Crippen LogP contribution in [0.2, 0.25) is 0 Å². The van der Waals surface area contributed by atoms with Crippen molar-refractivity contribution >= 4 is 0 Å². The van der Waals surface area contributed by atoms with E-state index in [1.807, 2.05) is 0 Å². The summed E-state index contributed by atoms with van der Waals surface area (Å²) < 4.78 is 62.9. The van der Waals surface area contributed by atoms with Crippen molar-refractivity contribution in [1.82, 2.24) is 0 Å². The van der Waals surface area contributed by atoms with Gasteiger partial charge in [0.25, 0.3) is 0 Å². The molecule has 23 heavy (non-hydrogen) atoms. The van der Waals surface area contributed by atoms with E-state index in [-0.39, 0.29) is 6.10 Å². The molecule has 0 aromatic heterocycles. The second kappa shape index (κ2) is 7.99. The van der Waals surface area contributed by atoms with Gasteiger partial charge in [-0.25, -0.2) is 8.78 Å². The number of hydrogen-bond donors (Lipinski definition) is 0. The van der Waals surface area contributed by atoms with Crippen molar-refractivity contribution in [1.29, 1.82) is 0 Å². The molecule has 1 aliphatic carbocycles. The monoisotopic (exact) mass is 334 g/mol. The summed E-state index contributed by atoms with van der Waals surface area (Å²) in [6, 6.07) is 2.30. The lowest BCUT2D eigenvalue weighted by atomic mass is 9.85. The molecule has 0 saturated heterocycles. The number of alkyl halides is 2. The molecule has 1 aromatic rings. The minimum atomic E-state index is -3.58. The third kappa shape index (κ3) is 5.68. The van der Waals surface area contributed by atoms with Gasteiger partial charge in [0.2, 0.25) is 0 Å². The molecule has 0 atom stereocenters. The topological polar surface area (TPSA) is 18.5 Å². The summed E-state index contributed by atoms with van der Waals surface area (Å²) in [7, 11) is 0. The number of benzene rings is 1. The van der Waals surface area contributed by atoms with Gasteiger partial charge in [-0.3, -0.25) is 0 Å². The van der Waals surface area contributed by atoms with Gasteiger partial charge in [-0.05, 0) is 43.7 Å². The molecule has 0 spiro atoms. The van der Waals surface area contributed by atoms with Gasteiger partial charge in [-0.15, -0.1) is 0 Å². The molecule has 0 amide bonds. The van der Waals surface area contributed by atoms with Crippen LogP contribution in [-0.4, -0.2) is 18.8 Å². The molecule has 1 aliphatic rings. The lowest BCUT2D eigenvalue weighted by molar-refractivity contribution is -0.222. The quantitative estimate of drug-likeness (QED) is 0.629. The molecule has 0 aliphatic heterocycles. The molecule has 1 saturated carbocycles. The molecule has 0 radical (unpaired) electrons. The molecule has 0 N–H and O–H groups in total. The van der Waals surface area contributed by atoms with E-state index in [4.69, 9.17) is 4.74 Å². The van der Waals surface area contributed by atoms with Crippen molar-refractivity contribution in [2.75, 3.05) is 6.61 Å². The smallest absolute Gasteiger partial charge is 0.421 e. The largest absolute Gasteiger partial charge is 0.431 e. The van der Waals surface area contributed by atoms with Gasteiger partial charge in [0, 0.05) is 6.07 Å². The minimum Gasteiger partial charge on any atom is -0.431 e. The molecule has 130 valence electrons. The summed E-state index contributed by atoms with van der Waals surface area (Å²) in [6.45, 7) is 1.24. The van der Waals surface area contributed by atoms with Gasteiger partial charge < -0.3 is 9.47 Å². The molecule has 1 aromatic carbocycles. The Bertz CT molecular complexity index is 499. The number of rotatable bonds is 7. The highest BCUT2D eigenvalue weighted by atomic mass is 19.3. The first-order valence-electron chi connectivity index (χ1n) is 8.03. The van der Waals surface area contributed by atoms with E-state index in [9.17, 15) is 17.6 Å². The normalized spacial score (nSPS) is 22.1. The van der Waals surface area contributed by atoms with E-state index in [1.165, 1.54) is 6.42 Å². The molecule has 6 heteroatoms. The van der Waals surface area contributed by atoms with Crippen molar-refractivity contribution in [3.8, 4) is 5.75 Å². The van der Waals surface area contributed by atoms with Crippen LogP contribution in [-0.2, 0) is 4.74 Å². The predicted octanol–water partition coefficient (Wildman–Crippen LogP) is 5.31. The lowest BCUT2D eigenvalue weighted by Gasteiger charge is -2.29. The zero-order chi connectivity index (χ0) is 16.9. The third-order valence-corrected chi connectivity index (χ3v) is 4.14. The van der Waals surface area contributed by atoms with Crippen molar-refractivity contribution in [3.05, 3.63) is 29.8 Å². The highest BCUT2D eigenvalue weighted by Crippen LogP contribution is 2.31. The van der Waals surface area contributed by atoms with Crippen molar-refractivity contribution in [3.63, 3.8) is 0 Å².